The second-order valence-corrected chi connectivity index (χ2v) is 4.72. The Morgan fingerprint density at radius 3 is 2.69 bits per heavy atom. The second kappa shape index (κ2) is 5.88. The summed E-state index contributed by atoms with van der Waals surface area (Å²) < 4.78 is 5.29. The van der Waals surface area contributed by atoms with E-state index in [0.717, 1.165) is 30.6 Å². The molecular weight excluding hydrogens is 200 g/mol. The van der Waals surface area contributed by atoms with E-state index in [0.29, 0.717) is 12.3 Å². The van der Waals surface area contributed by atoms with Crippen LogP contribution in [-0.4, -0.2) is 12.9 Å². The molecule has 2 nitrogen and oxygen atoms in total. The van der Waals surface area contributed by atoms with Gasteiger partial charge in [0.05, 0.1) is 7.11 Å². The number of hydrogen-bond acceptors (Lipinski definition) is 2. The number of carbonyl (C=O) groups excluding carboxylic acids is 1. The van der Waals surface area contributed by atoms with E-state index in [2.05, 4.69) is 26.8 Å². The Morgan fingerprint density at radius 2 is 2.12 bits per heavy atom. The van der Waals surface area contributed by atoms with Crippen LogP contribution in [0.15, 0.2) is 23.0 Å². The second-order valence-electron chi connectivity index (χ2n) is 4.72. The summed E-state index contributed by atoms with van der Waals surface area (Å²) in [5, 5.41) is 0. The summed E-state index contributed by atoms with van der Waals surface area (Å²) in [7, 11) is 1.66. The monoisotopic (exact) mass is 222 g/mol. The summed E-state index contributed by atoms with van der Waals surface area (Å²) in [5.41, 5.74) is 2.27. The van der Waals surface area contributed by atoms with Gasteiger partial charge in [0.15, 0.2) is 5.78 Å². The zero-order chi connectivity index (χ0) is 12.1. The summed E-state index contributed by atoms with van der Waals surface area (Å²) in [5.74, 6) is 1.51. The summed E-state index contributed by atoms with van der Waals surface area (Å²) in [6.45, 7) is 6.33. The highest BCUT2D eigenvalue weighted by Gasteiger charge is 2.27. The lowest BCUT2D eigenvalue weighted by Gasteiger charge is -2.12. The predicted molar refractivity (Wildman–Crippen MR) is 66.1 cm³/mol. The van der Waals surface area contributed by atoms with Gasteiger partial charge in [-0.2, -0.15) is 0 Å². The number of hydrogen-bond donors (Lipinski definition) is 0. The first-order chi connectivity index (χ1) is 7.56. The van der Waals surface area contributed by atoms with Crippen LogP contribution in [0, 0.1) is 5.92 Å². The topological polar surface area (TPSA) is 26.3 Å². The van der Waals surface area contributed by atoms with Crippen LogP contribution >= 0.6 is 0 Å². The van der Waals surface area contributed by atoms with Gasteiger partial charge in [-0.05, 0) is 32.6 Å². The smallest absolute Gasteiger partial charge is 0.162 e. The lowest BCUT2D eigenvalue weighted by Crippen LogP contribution is -2.08. The van der Waals surface area contributed by atoms with Gasteiger partial charge in [0.2, 0.25) is 0 Å². The van der Waals surface area contributed by atoms with Gasteiger partial charge in [-0.1, -0.05) is 18.6 Å². The number of methoxy groups -OCH3 is 1. The maximum atomic E-state index is 11.7. The molecule has 0 heterocycles. The van der Waals surface area contributed by atoms with E-state index in [-0.39, 0.29) is 5.78 Å². The van der Waals surface area contributed by atoms with Gasteiger partial charge in [0, 0.05) is 18.4 Å². The molecule has 0 saturated heterocycles. The van der Waals surface area contributed by atoms with E-state index in [9.17, 15) is 4.79 Å². The zero-order valence-corrected chi connectivity index (χ0v) is 10.8. The molecule has 0 aromatic carbocycles. The molecule has 0 radical (unpaired) electrons. The quantitative estimate of drug-likeness (QED) is 0.664. The molecule has 16 heavy (non-hydrogen) atoms. The molecule has 0 spiro atoms. The van der Waals surface area contributed by atoms with Crippen molar-refractivity contribution in [3.63, 3.8) is 0 Å². The minimum atomic E-state index is 0.279. The third-order valence-electron chi connectivity index (χ3n) is 3.07. The Balaban J connectivity index is 2.62. The molecule has 0 amide bonds. The summed E-state index contributed by atoms with van der Waals surface area (Å²) >= 11 is 0. The number of carbonyl (C=O) groups is 1. The lowest BCUT2D eigenvalue weighted by atomic mass is 9.94. The zero-order valence-electron chi connectivity index (χ0n) is 10.8. The number of ketones is 1. The van der Waals surface area contributed by atoms with Crippen molar-refractivity contribution in [3.05, 3.63) is 23.0 Å². The molecule has 0 saturated carbocycles. The Labute approximate surface area is 98.4 Å². The van der Waals surface area contributed by atoms with Crippen LogP contribution in [0.4, 0.5) is 0 Å². The van der Waals surface area contributed by atoms with Crippen LogP contribution < -0.4 is 0 Å². The van der Waals surface area contributed by atoms with Gasteiger partial charge in [-0.3, -0.25) is 4.79 Å². The normalized spacial score (nSPS) is 17.6. The first kappa shape index (κ1) is 13.0. The minimum Gasteiger partial charge on any atom is -0.501 e. The fourth-order valence-corrected chi connectivity index (χ4v) is 2.18. The molecule has 1 atom stereocenters. The fourth-order valence-electron chi connectivity index (χ4n) is 2.18. The van der Waals surface area contributed by atoms with Crippen LogP contribution in [0.3, 0.4) is 0 Å². The van der Waals surface area contributed by atoms with Crippen molar-refractivity contribution in [2.75, 3.05) is 7.11 Å². The van der Waals surface area contributed by atoms with E-state index in [1.807, 2.05) is 0 Å². The van der Waals surface area contributed by atoms with Crippen LogP contribution in [0.1, 0.15) is 46.5 Å². The van der Waals surface area contributed by atoms with E-state index < -0.39 is 0 Å². The molecule has 0 aliphatic heterocycles. The van der Waals surface area contributed by atoms with Crippen molar-refractivity contribution in [2.45, 2.75) is 46.5 Å². The summed E-state index contributed by atoms with van der Waals surface area (Å²) in [6, 6.07) is 0. The van der Waals surface area contributed by atoms with Crippen molar-refractivity contribution in [3.8, 4) is 0 Å². The number of rotatable bonds is 5. The molecule has 1 aliphatic carbocycles. The largest absolute Gasteiger partial charge is 0.501 e. The highest BCUT2D eigenvalue weighted by atomic mass is 16.5. The van der Waals surface area contributed by atoms with Crippen molar-refractivity contribution < 1.29 is 9.53 Å². The SMILES string of the molecule is COC1=C(C(C)CCC=C(C)C)C(=O)CC1. The Bertz CT molecular complexity index is 320. The Kier molecular flexibility index (Phi) is 4.78. The average molecular weight is 222 g/mol. The van der Waals surface area contributed by atoms with Crippen molar-refractivity contribution in [2.24, 2.45) is 5.92 Å². The molecular formula is C14H22O2. The molecule has 0 aromatic heterocycles. The highest BCUT2D eigenvalue weighted by molar-refractivity contribution is 5.98. The first-order valence-electron chi connectivity index (χ1n) is 5.99. The predicted octanol–water partition coefficient (Wildman–Crippen LogP) is 3.63. The Morgan fingerprint density at radius 1 is 1.44 bits per heavy atom. The average Bonchev–Trinajstić information content (AvgIpc) is 2.58. The van der Waals surface area contributed by atoms with E-state index in [1.165, 1.54) is 5.57 Å². The van der Waals surface area contributed by atoms with Gasteiger partial charge in [0.25, 0.3) is 0 Å². The van der Waals surface area contributed by atoms with Crippen LogP contribution in [0.5, 0.6) is 0 Å². The minimum absolute atomic E-state index is 0.279. The maximum Gasteiger partial charge on any atom is 0.162 e. The van der Waals surface area contributed by atoms with Gasteiger partial charge in [-0.15, -0.1) is 0 Å². The van der Waals surface area contributed by atoms with E-state index in [1.54, 1.807) is 7.11 Å². The van der Waals surface area contributed by atoms with E-state index >= 15 is 0 Å². The maximum absolute atomic E-state index is 11.7. The Hall–Kier alpha value is -1.05. The molecule has 1 rings (SSSR count). The molecule has 1 aliphatic rings. The molecule has 0 fully saturated rings. The molecule has 90 valence electrons. The molecule has 1 unspecified atom stereocenters. The number of ether oxygens (including phenoxy) is 1. The summed E-state index contributed by atoms with van der Waals surface area (Å²) in [6.07, 6.45) is 5.71. The van der Waals surface area contributed by atoms with Crippen molar-refractivity contribution in [1.82, 2.24) is 0 Å². The van der Waals surface area contributed by atoms with Crippen molar-refractivity contribution >= 4 is 5.78 Å². The highest BCUT2D eigenvalue weighted by Crippen LogP contribution is 2.31. The molecule has 2 heteroatoms. The van der Waals surface area contributed by atoms with Crippen LogP contribution in [-0.2, 0) is 9.53 Å². The first-order valence-corrected chi connectivity index (χ1v) is 5.99. The van der Waals surface area contributed by atoms with E-state index in [4.69, 9.17) is 4.74 Å². The van der Waals surface area contributed by atoms with Crippen LogP contribution in [0.2, 0.25) is 0 Å². The molecule has 0 N–H and O–H groups in total. The standard InChI is InChI=1S/C14H22O2/c1-10(2)6-5-7-11(3)14-12(15)8-9-13(14)16-4/h6,11H,5,7-9H2,1-4H3. The third-order valence-corrected chi connectivity index (χ3v) is 3.07. The molecule has 0 aromatic rings. The summed E-state index contributed by atoms with van der Waals surface area (Å²) in [4.78, 5) is 11.7. The van der Waals surface area contributed by atoms with Crippen molar-refractivity contribution in [1.29, 1.82) is 0 Å². The third kappa shape index (κ3) is 3.22. The lowest BCUT2D eigenvalue weighted by molar-refractivity contribution is -0.115. The fraction of sp³-hybridized carbons (Fsp3) is 0.643. The number of Topliss-reactive ketones (excluding diaryl/α,β-unsaturated/α-hetero) is 1. The number of allylic oxidation sites excluding steroid dienone is 4. The van der Waals surface area contributed by atoms with Gasteiger partial charge < -0.3 is 4.74 Å². The van der Waals surface area contributed by atoms with Gasteiger partial charge >= 0.3 is 0 Å². The van der Waals surface area contributed by atoms with Gasteiger partial charge in [-0.25, -0.2) is 0 Å². The van der Waals surface area contributed by atoms with Crippen LogP contribution in [0.25, 0.3) is 0 Å². The van der Waals surface area contributed by atoms with Gasteiger partial charge in [0.1, 0.15) is 5.76 Å². The molecule has 0 bridgehead atoms.